The first-order chi connectivity index (χ1) is 12.6. The maximum absolute atomic E-state index is 12.4. The number of rotatable bonds is 6. The van der Waals surface area contributed by atoms with Gasteiger partial charge in [0, 0.05) is 45.1 Å². The van der Waals surface area contributed by atoms with E-state index in [9.17, 15) is 4.79 Å². The van der Waals surface area contributed by atoms with E-state index in [2.05, 4.69) is 28.9 Å². The Morgan fingerprint density at radius 1 is 1.15 bits per heavy atom. The summed E-state index contributed by atoms with van der Waals surface area (Å²) in [4.78, 5) is 20.9. The molecule has 0 unspecified atom stereocenters. The van der Waals surface area contributed by atoms with Crippen molar-refractivity contribution in [3.05, 3.63) is 59.4 Å². The lowest BCUT2D eigenvalue weighted by Crippen LogP contribution is -2.48. The summed E-state index contributed by atoms with van der Waals surface area (Å²) < 4.78 is 5.79. The fourth-order valence-corrected chi connectivity index (χ4v) is 3.27. The number of pyridine rings is 1. The van der Waals surface area contributed by atoms with Crippen molar-refractivity contribution in [2.45, 2.75) is 26.8 Å². The molecule has 26 heavy (non-hydrogen) atoms. The molecule has 1 saturated heterocycles. The quantitative estimate of drug-likeness (QED) is 0.801. The van der Waals surface area contributed by atoms with Crippen LogP contribution in [0.15, 0.2) is 42.7 Å². The first-order valence-electron chi connectivity index (χ1n) is 9.21. The Morgan fingerprint density at radius 3 is 2.65 bits per heavy atom. The molecule has 0 bridgehead atoms. The molecule has 1 amide bonds. The van der Waals surface area contributed by atoms with Crippen LogP contribution in [-0.4, -0.2) is 53.5 Å². The summed E-state index contributed by atoms with van der Waals surface area (Å²) in [6, 6.07) is 10.2. The predicted octanol–water partition coefficient (Wildman–Crippen LogP) is 2.81. The number of hydrogen-bond donors (Lipinski definition) is 0. The van der Waals surface area contributed by atoms with Gasteiger partial charge in [-0.05, 0) is 37.1 Å². The fourth-order valence-electron chi connectivity index (χ4n) is 3.27. The molecule has 0 N–H and O–H groups in total. The first-order valence-corrected chi connectivity index (χ1v) is 9.21. The smallest absolute Gasteiger partial charge is 0.226 e. The third kappa shape index (κ3) is 5.05. The Balaban J connectivity index is 1.39. The Hall–Kier alpha value is -2.40. The highest BCUT2D eigenvalue weighted by Gasteiger charge is 2.21. The van der Waals surface area contributed by atoms with Crippen LogP contribution in [0.2, 0.25) is 0 Å². The second-order valence-corrected chi connectivity index (χ2v) is 6.89. The van der Waals surface area contributed by atoms with Gasteiger partial charge in [-0.1, -0.05) is 23.8 Å². The first kappa shape index (κ1) is 18.4. The summed E-state index contributed by atoms with van der Waals surface area (Å²) in [7, 11) is 0. The Kier molecular flexibility index (Phi) is 6.23. The van der Waals surface area contributed by atoms with Crippen molar-refractivity contribution in [1.82, 2.24) is 14.8 Å². The van der Waals surface area contributed by atoms with Crippen LogP contribution < -0.4 is 4.74 Å². The van der Waals surface area contributed by atoms with Crippen molar-refractivity contribution in [2.24, 2.45) is 0 Å². The molecule has 5 nitrogen and oxygen atoms in total. The van der Waals surface area contributed by atoms with Gasteiger partial charge in [0.05, 0.1) is 13.0 Å². The van der Waals surface area contributed by atoms with Gasteiger partial charge in [0.1, 0.15) is 5.75 Å². The Labute approximate surface area is 155 Å². The summed E-state index contributed by atoms with van der Waals surface area (Å²) in [5, 5.41) is 0. The molecule has 0 saturated carbocycles. The Morgan fingerprint density at radius 2 is 1.96 bits per heavy atom. The van der Waals surface area contributed by atoms with Crippen molar-refractivity contribution < 1.29 is 9.53 Å². The lowest BCUT2D eigenvalue weighted by molar-refractivity contribution is -0.133. The molecule has 1 aliphatic heterocycles. The molecule has 2 heterocycles. The highest BCUT2D eigenvalue weighted by atomic mass is 16.5. The monoisotopic (exact) mass is 353 g/mol. The van der Waals surface area contributed by atoms with Gasteiger partial charge in [-0.2, -0.15) is 0 Å². The van der Waals surface area contributed by atoms with E-state index in [4.69, 9.17) is 4.74 Å². The molecule has 0 radical (unpaired) electrons. The van der Waals surface area contributed by atoms with Crippen LogP contribution >= 0.6 is 0 Å². The zero-order valence-electron chi connectivity index (χ0n) is 15.6. The second kappa shape index (κ2) is 8.81. The van der Waals surface area contributed by atoms with E-state index in [0.29, 0.717) is 13.0 Å². The minimum Gasteiger partial charge on any atom is -0.493 e. The second-order valence-electron chi connectivity index (χ2n) is 6.89. The molecular weight excluding hydrogens is 326 g/mol. The maximum Gasteiger partial charge on any atom is 0.226 e. The van der Waals surface area contributed by atoms with Gasteiger partial charge in [-0.25, -0.2) is 0 Å². The van der Waals surface area contributed by atoms with Gasteiger partial charge in [0.25, 0.3) is 0 Å². The van der Waals surface area contributed by atoms with Crippen molar-refractivity contribution in [3.63, 3.8) is 0 Å². The normalized spacial score (nSPS) is 15.1. The van der Waals surface area contributed by atoms with E-state index in [1.165, 1.54) is 11.1 Å². The topological polar surface area (TPSA) is 45.7 Å². The molecule has 1 aromatic carbocycles. The lowest BCUT2D eigenvalue weighted by Gasteiger charge is -2.34. The molecule has 0 aliphatic carbocycles. The van der Waals surface area contributed by atoms with Crippen LogP contribution in [0.1, 0.15) is 23.1 Å². The molecule has 5 heteroatoms. The van der Waals surface area contributed by atoms with E-state index in [0.717, 1.165) is 44.0 Å². The van der Waals surface area contributed by atoms with Crippen LogP contribution in [0.25, 0.3) is 0 Å². The minimum atomic E-state index is 0.177. The molecular formula is C21H27N3O2. The number of benzene rings is 1. The van der Waals surface area contributed by atoms with E-state index in [1.54, 1.807) is 6.20 Å². The van der Waals surface area contributed by atoms with E-state index < -0.39 is 0 Å². The average molecular weight is 353 g/mol. The van der Waals surface area contributed by atoms with Crippen molar-refractivity contribution in [1.29, 1.82) is 0 Å². The minimum absolute atomic E-state index is 0.177. The van der Waals surface area contributed by atoms with Gasteiger partial charge in [-0.15, -0.1) is 0 Å². The highest BCUT2D eigenvalue weighted by Crippen LogP contribution is 2.19. The number of piperazine rings is 1. The highest BCUT2D eigenvalue weighted by molar-refractivity contribution is 5.76. The number of carbonyl (C=O) groups is 1. The summed E-state index contributed by atoms with van der Waals surface area (Å²) in [6.07, 6.45) is 4.12. The van der Waals surface area contributed by atoms with E-state index in [-0.39, 0.29) is 5.91 Å². The SMILES string of the molecule is Cc1ccc(OCCC(=O)N2CCN(Cc3cccnc3)CC2)c(C)c1. The molecule has 138 valence electrons. The summed E-state index contributed by atoms with van der Waals surface area (Å²) in [5.74, 6) is 1.04. The van der Waals surface area contributed by atoms with Gasteiger partial charge in [0.2, 0.25) is 5.91 Å². The molecule has 1 fully saturated rings. The van der Waals surface area contributed by atoms with Crippen LogP contribution in [0.5, 0.6) is 5.75 Å². The van der Waals surface area contributed by atoms with E-state index in [1.807, 2.05) is 36.2 Å². The number of hydrogen-bond acceptors (Lipinski definition) is 4. The molecule has 1 aromatic heterocycles. The summed E-state index contributed by atoms with van der Waals surface area (Å²) in [6.45, 7) is 8.78. The summed E-state index contributed by atoms with van der Waals surface area (Å²) in [5.41, 5.74) is 3.55. The van der Waals surface area contributed by atoms with Crippen molar-refractivity contribution >= 4 is 5.91 Å². The number of aromatic nitrogens is 1. The zero-order valence-corrected chi connectivity index (χ0v) is 15.6. The third-order valence-electron chi connectivity index (χ3n) is 4.76. The number of ether oxygens (including phenoxy) is 1. The molecule has 2 aromatic rings. The molecule has 1 aliphatic rings. The van der Waals surface area contributed by atoms with Crippen LogP contribution in [-0.2, 0) is 11.3 Å². The third-order valence-corrected chi connectivity index (χ3v) is 4.76. The van der Waals surface area contributed by atoms with Gasteiger partial charge >= 0.3 is 0 Å². The van der Waals surface area contributed by atoms with E-state index >= 15 is 0 Å². The number of amides is 1. The standard InChI is InChI=1S/C21H27N3O2/c1-17-5-6-20(18(2)14-17)26-13-7-21(25)24-11-9-23(10-12-24)16-19-4-3-8-22-15-19/h3-6,8,14-15H,7,9-13,16H2,1-2H3. The van der Waals surface area contributed by atoms with Crippen LogP contribution in [0.4, 0.5) is 0 Å². The number of nitrogens with zero attached hydrogens (tertiary/aromatic N) is 3. The zero-order chi connectivity index (χ0) is 18.4. The molecule has 0 spiro atoms. The molecule has 3 rings (SSSR count). The predicted molar refractivity (Wildman–Crippen MR) is 102 cm³/mol. The number of carbonyl (C=O) groups excluding carboxylic acids is 1. The largest absolute Gasteiger partial charge is 0.493 e. The summed E-state index contributed by atoms with van der Waals surface area (Å²) >= 11 is 0. The van der Waals surface area contributed by atoms with Gasteiger partial charge in [-0.3, -0.25) is 14.7 Å². The average Bonchev–Trinajstić information content (AvgIpc) is 2.65. The van der Waals surface area contributed by atoms with Crippen LogP contribution in [0.3, 0.4) is 0 Å². The Bertz CT molecular complexity index is 725. The molecule has 0 atom stereocenters. The van der Waals surface area contributed by atoms with Crippen molar-refractivity contribution in [2.75, 3.05) is 32.8 Å². The fraction of sp³-hybridized carbons (Fsp3) is 0.429. The van der Waals surface area contributed by atoms with Gasteiger partial charge < -0.3 is 9.64 Å². The van der Waals surface area contributed by atoms with Crippen molar-refractivity contribution in [3.8, 4) is 5.75 Å². The number of aryl methyl sites for hydroxylation is 2. The lowest BCUT2D eigenvalue weighted by atomic mass is 10.1. The maximum atomic E-state index is 12.4. The van der Waals surface area contributed by atoms with Crippen LogP contribution in [0, 0.1) is 13.8 Å². The van der Waals surface area contributed by atoms with Gasteiger partial charge in [0.15, 0.2) is 0 Å².